The predicted octanol–water partition coefficient (Wildman–Crippen LogP) is 11.1. The van der Waals surface area contributed by atoms with Gasteiger partial charge >= 0.3 is 5.97 Å². The summed E-state index contributed by atoms with van der Waals surface area (Å²) in [6.45, 7) is 21.5. The Kier molecular flexibility index (Phi) is 26.5. The average molecular weight is 1370 g/mol. The molecule has 0 spiro atoms. The van der Waals surface area contributed by atoms with E-state index in [4.69, 9.17) is 35.0 Å². The molecule has 2 saturated carbocycles. The number of carbonyl (C=O) groups excluding carboxylic acids is 2. The highest BCUT2D eigenvalue weighted by molar-refractivity contribution is 6.04. The minimum Gasteiger partial charge on any atom is -0.478 e. The minimum absolute atomic E-state index is 0.196. The van der Waals surface area contributed by atoms with Crippen LogP contribution in [-0.4, -0.2) is 224 Å². The van der Waals surface area contributed by atoms with Crippen LogP contribution >= 0.6 is 0 Å². The molecule has 22 nitrogen and oxygen atoms in total. The third-order valence-electron chi connectivity index (χ3n) is 20.2. The molecule has 6 fully saturated rings. The van der Waals surface area contributed by atoms with Crippen LogP contribution in [0.25, 0.3) is 22.3 Å². The Morgan fingerprint density at radius 2 is 0.950 bits per heavy atom. The Morgan fingerprint density at radius 3 is 1.39 bits per heavy atom. The molecule has 0 atom stereocenters. The highest BCUT2D eigenvalue weighted by Gasteiger charge is 2.31. The zero-order valence-electron chi connectivity index (χ0n) is 59.7. The number of benzene rings is 4. The predicted molar refractivity (Wildman–Crippen MR) is 396 cm³/mol. The summed E-state index contributed by atoms with van der Waals surface area (Å²) in [5, 5.41) is 15.2. The maximum absolute atomic E-state index is 13.3. The van der Waals surface area contributed by atoms with Crippen LogP contribution in [-0.2, 0) is 32.7 Å². The monoisotopic (exact) mass is 1360 g/mol. The van der Waals surface area contributed by atoms with Gasteiger partial charge < -0.3 is 49.0 Å². The summed E-state index contributed by atoms with van der Waals surface area (Å²) in [5.41, 5.74) is 9.75. The number of hydrogen-bond acceptors (Lipinski definition) is 18. The van der Waals surface area contributed by atoms with Gasteiger partial charge in [0.2, 0.25) is 11.9 Å². The first-order valence-corrected chi connectivity index (χ1v) is 36.6. The van der Waals surface area contributed by atoms with Crippen molar-refractivity contribution in [3.05, 3.63) is 154 Å². The number of carboxylic acid groups (broad SMARTS) is 1. The molecule has 8 heterocycles. The normalized spacial score (nSPS) is 17.4. The molecule has 0 bridgehead atoms. The van der Waals surface area contributed by atoms with Crippen molar-refractivity contribution in [1.29, 1.82) is 0 Å². The van der Waals surface area contributed by atoms with Crippen LogP contribution in [0.15, 0.2) is 110 Å². The largest absolute Gasteiger partial charge is 0.478 e. The van der Waals surface area contributed by atoms with Crippen molar-refractivity contribution in [2.45, 2.75) is 142 Å². The number of anilines is 4. The fraction of sp³-hybridized carbons (Fsp3) is 0.519. The average Bonchev–Trinajstić information content (AvgIpc) is 1.58. The van der Waals surface area contributed by atoms with Crippen molar-refractivity contribution < 1.29 is 23.9 Å². The fourth-order valence-electron chi connectivity index (χ4n) is 14.7. The molecule has 4 saturated heterocycles. The molecule has 4 aliphatic heterocycles. The number of nitrogens with one attached hydrogen (secondary N) is 2. The summed E-state index contributed by atoms with van der Waals surface area (Å²) in [6, 6.07) is 30.2. The Balaban J connectivity index is 0.000000155. The van der Waals surface area contributed by atoms with E-state index in [1.165, 1.54) is 144 Å². The number of aromatic carboxylic acids is 1. The van der Waals surface area contributed by atoms with Gasteiger partial charge in [-0.15, -0.1) is 0 Å². The number of hydrogen-bond donors (Lipinski definition) is 3. The van der Waals surface area contributed by atoms with E-state index < -0.39 is 5.97 Å². The Hall–Kier alpha value is -8.32. The van der Waals surface area contributed by atoms with E-state index in [-0.39, 0.29) is 11.7 Å². The van der Waals surface area contributed by atoms with E-state index in [1.807, 2.05) is 82.1 Å². The number of fused-ring (bicyclic) bond motifs is 2. The van der Waals surface area contributed by atoms with Crippen LogP contribution in [0.1, 0.15) is 143 Å². The second-order valence-electron chi connectivity index (χ2n) is 28.3. The molecule has 8 aromatic rings. The summed E-state index contributed by atoms with van der Waals surface area (Å²) < 4.78 is 16.5. The van der Waals surface area contributed by atoms with E-state index >= 15 is 0 Å². The van der Waals surface area contributed by atoms with Crippen LogP contribution in [0.2, 0.25) is 0 Å². The lowest BCUT2D eigenvalue weighted by Gasteiger charge is -2.38. The lowest BCUT2D eigenvalue weighted by atomic mass is 10.1. The van der Waals surface area contributed by atoms with E-state index in [2.05, 4.69) is 85.3 Å². The Morgan fingerprint density at radius 1 is 0.520 bits per heavy atom. The maximum atomic E-state index is 13.3. The molecule has 0 radical (unpaired) electrons. The van der Waals surface area contributed by atoms with Gasteiger partial charge in [-0.1, -0.05) is 79.8 Å². The van der Waals surface area contributed by atoms with Gasteiger partial charge in [0.25, 0.3) is 5.91 Å². The topological polar surface area (TPSA) is 209 Å². The van der Waals surface area contributed by atoms with Crippen molar-refractivity contribution in [2.75, 3.05) is 140 Å². The van der Waals surface area contributed by atoms with Crippen LogP contribution in [0.5, 0.6) is 0 Å². The van der Waals surface area contributed by atoms with Crippen molar-refractivity contribution in [1.82, 2.24) is 68.4 Å². The summed E-state index contributed by atoms with van der Waals surface area (Å²) in [5.74, 6) is 1.46. The molecule has 534 valence electrons. The number of aryl methyl sites for hydroxylation is 3. The number of piperazine rings is 2. The number of nitrogens with zero attached hydrogens (tertiary/aromatic N) is 16. The summed E-state index contributed by atoms with van der Waals surface area (Å²) in [7, 11) is 8.03. The molecule has 4 aromatic heterocycles. The van der Waals surface area contributed by atoms with E-state index in [0.717, 1.165) is 156 Å². The van der Waals surface area contributed by atoms with Gasteiger partial charge in [0.15, 0.2) is 34.0 Å². The molecule has 2 aliphatic carbocycles. The third-order valence-corrected chi connectivity index (χ3v) is 20.2. The molecule has 3 N–H and O–H groups in total. The number of likely N-dealkylation sites (tertiary alicyclic amines) is 2. The van der Waals surface area contributed by atoms with Crippen molar-refractivity contribution in [2.24, 2.45) is 0 Å². The van der Waals surface area contributed by atoms with E-state index in [1.54, 1.807) is 12.1 Å². The first-order chi connectivity index (χ1) is 48.7. The van der Waals surface area contributed by atoms with Gasteiger partial charge in [-0.3, -0.25) is 24.7 Å². The highest BCUT2D eigenvalue weighted by atomic mass is 19.1. The first kappa shape index (κ1) is 72.9. The van der Waals surface area contributed by atoms with Crippen LogP contribution < -0.4 is 20.4 Å². The molecule has 23 heteroatoms. The van der Waals surface area contributed by atoms with Crippen LogP contribution in [0, 0.1) is 12.7 Å². The highest BCUT2D eigenvalue weighted by Crippen LogP contribution is 2.32. The number of amides is 1. The van der Waals surface area contributed by atoms with Crippen LogP contribution in [0.3, 0.4) is 0 Å². The van der Waals surface area contributed by atoms with Gasteiger partial charge in [0.1, 0.15) is 12.1 Å². The number of aromatic nitrogens is 8. The Bertz CT molecular complexity index is 3840. The number of carbonyl (C=O) groups is 3. The number of rotatable bonds is 23. The number of aldehydes is 1. The maximum Gasteiger partial charge on any atom is 0.335 e. The fourth-order valence-corrected chi connectivity index (χ4v) is 14.7. The van der Waals surface area contributed by atoms with E-state index in [0.29, 0.717) is 41.4 Å². The molecular weight excluding hydrogens is 1260 g/mol. The number of carboxylic acids is 1. The molecule has 1 amide bonds. The smallest absolute Gasteiger partial charge is 0.335 e. The van der Waals surface area contributed by atoms with E-state index in [9.17, 15) is 18.8 Å². The van der Waals surface area contributed by atoms with Crippen molar-refractivity contribution in [3.63, 3.8) is 0 Å². The van der Waals surface area contributed by atoms with Gasteiger partial charge in [-0.05, 0) is 204 Å². The minimum atomic E-state index is -0.878. The summed E-state index contributed by atoms with van der Waals surface area (Å²) in [6.07, 6.45) is 22.9. The zero-order chi connectivity index (χ0) is 69.7. The van der Waals surface area contributed by atoms with Gasteiger partial charge in [0.05, 0.1) is 18.2 Å². The third kappa shape index (κ3) is 20.7. The molecule has 100 heavy (non-hydrogen) atoms. The first-order valence-electron chi connectivity index (χ1n) is 36.6. The molecule has 4 aromatic carbocycles. The lowest BCUT2D eigenvalue weighted by Crippen LogP contribution is -2.50. The van der Waals surface area contributed by atoms with Gasteiger partial charge in [0, 0.05) is 108 Å². The molecular formula is C77H105FN18O4. The summed E-state index contributed by atoms with van der Waals surface area (Å²) in [4.78, 5) is 82.6. The number of imidazole rings is 2. The van der Waals surface area contributed by atoms with Crippen molar-refractivity contribution >= 4 is 64.0 Å². The van der Waals surface area contributed by atoms with Crippen molar-refractivity contribution in [3.8, 4) is 0 Å². The molecule has 0 unspecified atom stereocenters. The SMILES string of the molecule is CN(C)Cc1ccc(C(=O)Nc2nc(N3CCN(C4CCCC4)CC3)c3ncn(CCCN4CCCC4)c3n2)cc1.CN(C)Cc1ccc(C(=O)O)cc1.Cc1ccc(CNc2nc(N3CCN(C4CCCC4)CC3)c3ncn(CCCN4CCCC4)c3n2)cc1.O=Cc1ccc(F)cc1. The second kappa shape index (κ2) is 36.3. The molecule has 14 rings (SSSR count). The second-order valence-corrected chi connectivity index (χ2v) is 28.3. The Labute approximate surface area is 590 Å². The quantitative estimate of drug-likeness (QED) is 0.0509. The zero-order valence-corrected chi connectivity index (χ0v) is 59.7. The van der Waals surface area contributed by atoms with Gasteiger partial charge in [-0.25, -0.2) is 19.2 Å². The van der Waals surface area contributed by atoms with Crippen LogP contribution in [0.4, 0.5) is 27.9 Å². The number of halogens is 1. The lowest BCUT2D eigenvalue weighted by molar-refractivity contribution is 0.0696. The standard InChI is InChI=1S/C31H45N9O.C29H42N8.C10H13NO2.C7H5FO/c1-36(2)22-24-10-12-25(13-11-24)30(41)35-31-33-28(39-20-18-38(19-21-39)26-8-3-4-9-26)27-29(34-31)40(23-32-27)17-7-16-37-14-5-6-15-37;1-23-9-11-24(12-10-23)21-30-29-32-27(36-19-17-35(18-20-36)25-7-2-3-8-25)26-28(33-29)37(22-31-26)16-6-15-34-13-4-5-14-34;1-11(2)7-8-3-5-9(6-4-8)10(12)13;8-7-3-1-6(5-9)2-4-7/h10-13,23,26H,3-9,14-22H2,1-2H3,(H,33,34,35,41);9-12,22,25H,2-8,13-21H2,1H3,(H,30,32,33);3-6H,7H2,1-2H3,(H,12,13);1-5H. The molecule has 6 aliphatic rings. The summed E-state index contributed by atoms with van der Waals surface area (Å²) >= 11 is 0. The van der Waals surface area contributed by atoms with Gasteiger partial charge in [-0.2, -0.15) is 19.9 Å².